The monoisotopic (exact) mass is 383 g/mol. The number of rotatable bonds is 2. The Morgan fingerprint density at radius 2 is 1.54 bits per heavy atom. The molecule has 1 aromatic heterocycles. The smallest absolute Gasteiger partial charge is 0.129 e. The number of hydrogen-bond acceptors (Lipinski definition) is 4. The van der Waals surface area contributed by atoms with Gasteiger partial charge in [-0.05, 0) is 58.4 Å². The molecule has 1 aliphatic rings. The summed E-state index contributed by atoms with van der Waals surface area (Å²) in [5, 5.41) is 10.6. The van der Waals surface area contributed by atoms with Gasteiger partial charge in [0.25, 0.3) is 0 Å². The van der Waals surface area contributed by atoms with Gasteiger partial charge in [0.15, 0.2) is 0 Å². The van der Waals surface area contributed by atoms with Crippen molar-refractivity contribution in [1.29, 1.82) is 0 Å². The topological polar surface area (TPSA) is 39.6 Å². The van der Waals surface area contributed by atoms with Crippen molar-refractivity contribution < 1.29 is 5.11 Å². The SMILES string of the molecule is Oc1ccc(N2CCN(c3ccc4cccc(Br)c4n3)CC2)cc1. The van der Waals surface area contributed by atoms with E-state index in [0.717, 1.165) is 53.1 Å². The maximum Gasteiger partial charge on any atom is 0.129 e. The van der Waals surface area contributed by atoms with E-state index >= 15 is 0 Å². The Hall–Kier alpha value is -2.27. The molecule has 0 unspecified atom stereocenters. The van der Waals surface area contributed by atoms with E-state index in [1.807, 2.05) is 24.3 Å². The number of pyridine rings is 1. The lowest BCUT2D eigenvalue weighted by molar-refractivity contribution is 0.475. The van der Waals surface area contributed by atoms with Crippen LogP contribution in [-0.2, 0) is 0 Å². The number of anilines is 2. The summed E-state index contributed by atoms with van der Waals surface area (Å²) in [5.41, 5.74) is 2.16. The van der Waals surface area contributed by atoms with Gasteiger partial charge >= 0.3 is 0 Å². The van der Waals surface area contributed by atoms with Crippen LogP contribution < -0.4 is 9.80 Å². The first-order valence-electron chi connectivity index (χ1n) is 8.05. The summed E-state index contributed by atoms with van der Waals surface area (Å²) in [6.45, 7) is 3.76. The summed E-state index contributed by atoms with van der Waals surface area (Å²) in [6, 6.07) is 17.8. The quantitative estimate of drug-likeness (QED) is 0.724. The first-order chi connectivity index (χ1) is 11.7. The van der Waals surface area contributed by atoms with Crippen molar-refractivity contribution in [3.63, 3.8) is 0 Å². The molecule has 0 bridgehead atoms. The zero-order valence-corrected chi connectivity index (χ0v) is 14.8. The third-order valence-electron chi connectivity index (χ3n) is 4.47. The fourth-order valence-electron chi connectivity index (χ4n) is 3.13. The fourth-order valence-corrected chi connectivity index (χ4v) is 3.60. The average Bonchev–Trinajstić information content (AvgIpc) is 2.63. The number of phenolic OH excluding ortho intramolecular Hbond substituents is 1. The molecule has 2 aromatic carbocycles. The molecule has 122 valence electrons. The fraction of sp³-hybridized carbons (Fsp3) is 0.211. The van der Waals surface area contributed by atoms with Crippen LogP contribution in [-0.4, -0.2) is 36.3 Å². The van der Waals surface area contributed by atoms with E-state index in [2.05, 4.69) is 43.9 Å². The number of aromatic hydroxyl groups is 1. The molecule has 0 saturated carbocycles. The van der Waals surface area contributed by atoms with E-state index in [1.54, 1.807) is 12.1 Å². The van der Waals surface area contributed by atoms with Gasteiger partial charge in [-0.3, -0.25) is 0 Å². The highest BCUT2D eigenvalue weighted by atomic mass is 79.9. The predicted octanol–water partition coefficient (Wildman–Crippen LogP) is 4.03. The first kappa shape index (κ1) is 15.3. The van der Waals surface area contributed by atoms with Crippen molar-refractivity contribution in [2.24, 2.45) is 0 Å². The maximum absolute atomic E-state index is 9.42. The molecule has 3 aromatic rings. The molecule has 0 amide bonds. The molecule has 0 radical (unpaired) electrons. The van der Waals surface area contributed by atoms with Gasteiger partial charge in [-0.25, -0.2) is 4.98 Å². The van der Waals surface area contributed by atoms with Gasteiger partial charge in [0, 0.05) is 41.7 Å². The van der Waals surface area contributed by atoms with Gasteiger partial charge in [-0.1, -0.05) is 12.1 Å². The molecule has 1 saturated heterocycles. The van der Waals surface area contributed by atoms with Gasteiger partial charge in [0.1, 0.15) is 11.6 Å². The molecule has 0 spiro atoms. The molecule has 24 heavy (non-hydrogen) atoms. The summed E-state index contributed by atoms with van der Waals surface area (Å²) < 4.78 is 1.03. The number of para-hydroxylation sites is 1. The van der Waals surface area contributed by atoms with Crippen molar-refractivity contribution in [2.45, 2.75) is 0 Å². The van der Waals surface area contributed by atoms with Crippen LogP contribution >= 0.6 is 15.9 Å². The molecule has 0 aliphatic carbocycles. The minimum Gasteiger partial charge on any atom is -0.508 e. The number of aromatic nitrogens is 1. The van der Waals surface area contributed by atoms with Gasteiger partial charge < -0.3 is 14.9 Å². The molecule has 0 atom stereocenters. The predicted molar refractivity (Wildman–Crippen MR) is 102 cm³/mol. The van der Waals surface area contributed by atoms with E-state index in [0.29, 0.717) is 5.75 Å². The first-order valence-corrected chi connectivity index (χ1v) is 8.84. The zero-order chi connectivity index (χ0) is 16.5. The van der Waals surface area contributed by atoms with Gasteiger partial charge in [0.2, 0.25) is 0 Å². The molecular formula is C19H18BrN3O. The number of hydrogen-bond donors (Lipinski definition) is 1. The van der Waals surface area contributed by atoms with E-state index in [1.165, 1.54) is 0 Å². The second kappa shape index (κ2) is 6.32. The van der Waals surface area contributed by atoms with Crippen LogP contribution in [0, 0.1) is 0 Å². The van der Waals surface area contributed by atoms with Crippen LogP contribution in [0.3, 0.4) is 0 Å². The van der Waals surface area contributed by atoms with Crippen molar-refractivity contribution in [3.05, 3.63) is 59.1 Å². The lowest BCUT2D eigenvalue weighted by Crippen LogP contribution is -2.46. The van der Waals surface area contributed by atoms with Crippen LogP contribution in [0.5, 0.6) is 5.75 Å². The number of halogens is 1. The zero-order valence-electron chi connectivity index (χ0n) is 13.2. The molecule has 1 N–H and O–H groups in total. The Morgan fingerprint density at radius 1 is 0.833 bits per heavy atom. The van der Waals surface area contributed by atoms with Crippen LogP contribution in [0.2, 0.25) is 0 Å². The number of nitrogens with zero attached hydrogens (tertiary/aromatic N) is 3. The lowest BCUT2D eigenvalue weighted by atomic mass is 10.2. The Morgan fingerprint density at radius 3 is 2.29 bits per heavy atom. The van der Waals surface area contributed by atoms with Gasteiger partial charge in [-0.2, -0.15) is 0 Å². The Kier molecular flexibility index (Phi) is 4.02. The van der Waals surface area contributed by atoms with Crippen LogP contribution in [0.1, 0.15) is 0 Å². The summed E-state index contributed by atoms with van der Waals surface area (Å²) in [7, 11) is 0. The van der Waals surface area contributed by atoms with E-state index in [9.17, 15) is 5.11 Å². The maximum atomic E-state index is 9.42. The number of benzene rings is 2. The summed E-state index contributed by atoms with van der Waals surface area (Å²) in [6.07, 6.45) is 0. The highest BCUT2D eigenvalue weighted by Gasteiger charge is 2.18. The summed E-state index contributed by atoms with van der Waals surface area (Å²) in [5.74, 6) is 1.34. The second-order valence-corrected chi connectivity index (χ2v) is 6.83. The van der Waals surface area contributed by atoms with E-state index in [4.69, 9.17) is 4.98 Å². The van der Waals surface area contributed by atoms with Crippen molar-refractivity contribution in [3.8, 4) is 5.75 Å². The van der Waals surface area contributed by atoms with Gasteiger partial charge in [-0.15, -0.1) is 0 Å². The third-order valence-corrected chi connectivity index (χ3v) is 5.11. The normalized spacial score (nSPS) is 15.0. The van der Waals surface area contributed by atoms with Gasteiger partial charge in [0.05, 0.1) is 5.52 Å². The molecule has 1 aliphatic heterocycles. The molecule has 1 fully saturated rings. The standard InChI is InChI=1S/C19H18BrN3O/c20-17-3-1-2-14-4-9-18(21-19(14)17)23-12-10-22(11-13-23)15-5-7-16(24)8-6-15/h1-9,24H,10-13H2. The Balaban J connectivity index is 1.51. The minimum atomic E-state index is 0.309. The highest BCUT2D eigenvalue weighted by molar-refractivity contribution is 9.10. The van der Waals surface area contributed by atoms with E-state index < -0.39 is 0 Å². The largest absolute Gasteiger partial charge is 0.508 e. The van der Waals surface area contributed by atoms with Crippen LogP contribution in [0.25, 0.3) is 10.9 Å². The molecule has 5 heteroatoms. The summed E-state index contributed by atoms with van der Waals surface area (Å²) >= 11 is 3.59. The van der Waals surface area contributed by atoms with E-state index in [-0.39, 0.29) is 0 Å². The van der Waals surface area contributed by atoms with Crippen LogP contribution in [0.4, 0.5) is 11.5 Å². The van der Waals surface area contributed by atoms with Crippen molar-refractivity contribution >= 4 is 38.3 Å². The minimum absolute atomic E-state index is 0.309. The molecule has 4 rings (SSSR count). The number of piperazine rings is 1. The molecule has 2 heterocycles. The van der Waals surface area contributed by atoms with Crippen LogP contribution in [0.15, 0.2) is 59.1 Å². The molecular weight excluding hydrogens is 366 g/mol. The number of phenols is 1. The summed E-state index contributed by atoms with van der Waals surface area (Å²) in [4.78, 5) is 9.50. The number of fused-ring (bicyclic) bond motifs is 1. The molecule has 4 nitrogen and oxygen atoms in total. The second-order valence-electron chi connectivity index (χ2n) is 5.97. The van der Waals surface area contributed by atoms with Crippen molar-refractivity contribution in [2.75, 3.05) is 36.0 Å². The Labute approximate surface area is 149 Å². The highest BCUT2D eigenvalue weighted by Crippen LogP contribution is 2.26. The Bertz CT molecular complexity index is 858. The average molecular weight is 384 g/mol. The third kappa shape index (κ3) is 2.91. The van der Waals surface area contributed by atoms with Crippen molar-refractivity contribution in [1.82, 2.24) is 4.98 Å². The lowest BCUT2D eigenvalue weighted by Gasteiger charge is -2.36.